The summed E-state index contributed by atoms with van der Waals surface area (Å²) in [5.41, 5.74) is 0.185. The lowest BCUT2D eigenvalue weighted by Crippen LogP contribution is -2.30. The number of carbonyl (C=O) groups excluding carboxylic acids is 1. The third-order valence-corrected chi connectivity index (χ3v) is 1.61. The fourth-order valence-electron chi connectivity index (χ4n) is 0.886. The van der Waals surface area contributed by atoms with Crippen molar-refractivity contribution in [2.75, 3.05) is 20.1 Å². The van der Waals surface area contributed by atoms with Crippen LogP contribution >= 0.6 is 0 Å². The van der Waals surface area contributed by atoms with Crippen LogP contribution in [0.2, 0.25) is 0 Å². The highest BCUT2D eigenvalue weighted by Gasteiger charge is 2.10. The zero-order valence-corrected chi connectivity index (χ0v) is 7.91. The Hall–Kier alpha value is -1.40. The van der Waals surface area contributed by atoms with Crippen molar-refractivity contribution < 1.29 is 14.4 Å². The van der Waals surface area contributed by atoms with Crippen LogP contribution in [0.4, 0.5) is 0 Å². The maximum atomic E-state index is 11.3. The summed E-state index contributed by atoms with van der Waals surface area (Å²) in [4.78, 5) is 11.3. The summed E-state index contributed by atoms with van der Waals surface area (Å²) < 4.78 is 4.66. The zero-order chi connectivity index (χ0) is 10.4. The maximum absolute atomic E-state index is 11.3. The number of aliphatic hydroxyl groups excluding tert-OH is 1. The maximum Gasteiger partial charge on any atom is 0.273 e. The second kappa shape index (κ2) is 5.36. The average Bonchev–Trinajstić information content (AvgIpc) is 2.66. The lowest BCUT2D eigenvalue weighted by molar-refractivity contribution is 0.0944. The molecule has 1 aromatic heterocycles. The Morgan fingerprint density at radius 3 is 3.00 bits per heavy atom. The number of amides is 1. The standard InChI is InChI=1S/C8H13N3O3/c1-9-2-3-10-8(13)7-4-6(5-12)14-11-7/h4,9,12H,2-3,5H2,1H3,(H,10,13). The first-order valence-electron chi connectivity index (χ1n) is 4.27. The van der Waals surface area contributed by atoms with Gasteiger partial charge in [-0.3, -0.25) is 4.79 Å². The SMILES string of the molecule is CNCCNC(=O)c1cc(CO)on1. The number of rotatable bonds is 5. The van der Waals surface area contributed by atoms with Gasteiger partial charge in [-0.05, 0) is 7.05 Å². The predicted molar refractivity (Wildman–Crippen MR) is 48.7 cm³/mol. The molecule has 1 aromatic rings. The van der Waals surface area contributed by atoms with Gasteiger partial charge in [0.25, 0.3) is 5.91 Å². The fraction of sp³-hybridized carbons (Fsp3) is 0.500. The highest BCUT2D eigenvalue weighted by molar-refractivity contribution is 5.92. The molecule has 0 saturated heterocycles. The van der Waals surface area contributed by atoms with E-state index in [2.05, 4.69) is 20.3 Å². The van der Waals surface area contributed by atoms with Gasteiger partial charge in [-0.2, -0.15) is 0 Å². The molecule has 0 spiro atoms. The van der Waals surface area contributed by atoms with Crippen LogP contribution in [0.3, 0.4) is 0 Å². The number of aromatic nitrogens is 1. The van der Waals surface area contributed by atoms with Crippen molar-refractivity contribution in [2.24, 2.45) is 0 Å². The molecule has 0 saturated carbocycles. The van der Waals surface area contributed by atoms with Crippen LogP contribution in [0.5, 0.6) is 0 Å². The highest BCUT2D eigenvalue weighted by Crippen LogP contribution is 2.02. The van der Waals surface area contributed by atoms with Crippen molar-refractivity contribution in [3.63, 3.8) is 0 Å². The van der Waals surface area contributed by atoms with Gasteiger partial charge in [0.05, 0.1) is 0 Å². The first-order valence-corrected chi connectivity index (χ1v) is 4.27. The van der Waals surface area contributed by atoms with Gasteiger partial charge in [0.2, 0.25) is 0 Å². The van der Waals surface area contributed by atoms with Crippen molar-refractivity contribution in [1.29, 1.82) is 0 Å². The summed E-state index contributed by atoms with van der Waals surface area (Å²) >= 11 is 0. The molecule has 6 heteroatoms. The second-order valence-electron chi connectivity index (χ2n) is 2.70. The van der Waals surface area contributed by atoms with Gasteiger partial charge in [-0.15, -0.1) is 0 Å². The first-order chi connectivity index (χ1) is 6.77. The van der Waals surface area contributed by atoms with E-state index >= 15 is 0 Å². The Balaban J connectivity index is 2.44. The largest absolute Gasteiger partial charge is 0.388 e. The molecule has 0 atom stereocenters. The number of hydrogen-bond acceptors (Lipinski definition) is 5. The minimum absolute atomic E-state index is 0.185. The summed E-state index contributed by atoms with van der Waals surface area (Å²) in [6.45, 7) is 0.962. The Bertz CT molecular complexity index is 298. The molecule has 3 N–H and O–H groups in total. The van der Waals surface area contributed by atoms with E-state index in [1.54, 1.807) is 7.05 Å². The molecule has 14 heavy (non-hydrogen) atoms. The Kier molecular flexibility index (Phi) is 4.09. The third kappa shape index (κ3) is 2.82. The van der Waals surface area contributed by atoms with E-state index in [0.717, 1.165) is 0 Å². The molecule has 0 fully saturated rings. The highest BCUT2D eigenvalue weighted by atomic mass is 16.5. The molecular weight excluding hydrogens is 186 g/mol. The van der Waals surface area contributed by atoms with Crippen LogP contribution in [0.15, 0.2) is 10.6 Å². The molecule has 0 aliphatic heterocycles. The average molecular weight is 199 g/mol. The van der Waals surface area contributed by atoms with Gasteiger partial charge in [0.1, 0.15) is 6.61 Å². The quantitative estimate of drug-likeness (QED) is 0.536. The Morgan fingerprint density at radius 2 is 2.43 bits per heavy atom. The smallest absolute Gasteiger partial charge is 0.273 e. The molecule has 1 rings (SSSR count). The molecular formula is C8H13N3O3. The Morgan fingerprint density at radius 1 is 1.64 bits per heavy atom. The number of hydrogen-bond donors (Lipinski definition) is 3. The fourth-order valence-corrected chi connectivity index (χ4v) is 0.886. The van der Waals surface area contributed by atoms with Gasteiger partial charge in [0.15, 0.2) is 11.5 Å². The van der Waals surface area contributed by atoms with Crippen LogP contribution in [0.25, 0.3) is 0 Å². The van der Waals surface area contributed by atoms with Crippen LogP contribution in [0, 0.1) is 0 Å². The molecule has 0 aromatic carbocycles. The van der Waals surface area contributed by atoms with Crippen LogP contribution in [0.1, 0.15) is 16.2 Å². The molecule has 6 nitrogen and oxygen atoms in total. The molecule has 0 aliphatic carbocycles. The van der Waals surface area contributed by atoms with E-state index in [1.807, 2.05) is 0 Å². The van der Waals surface area contributed by atoms with E-state index in [0.29, 0.717) is 13.1 Å². The van der Waals surface area contributed by atoms with E-state index in [4.69, 9.17) is 5.11 Å². The number of carbonyl (C=O) groups is 1. The van der Waals surface area contributed by atoms with Crippen molar-refractivity contribution >= 4 is 5.91 Å². The van der Waals surface area contributed by atoms with E-state index in [-0.39, 0.29) is 24.0 Å². The molecule has 0 radical (unpaired) electrons. The van der Waals surface area contributed by atoms with Crippen molar-refractivity contribution in [2.45, 2.75) is 6.61 Å². The number of nitrogens with zero attached hydrogens (tertiary/aromatic N) is 1. The minimum atomic E-state index is -0.302. The van der Waals surface area contributed by atoms with Crippen LogP contribution < -0.4 is 10.6 Å². The summed E-state index contributed by atoms with van der Waals surface area (Å²) in [6, 6.07) is 1.41. The third-order valence-electron chi connectivity index (χ3n) is 1.61. The summed E-state index contributed by atoms with van der Waals surface area (Å²) in [5.74, 6) is -0.0209. The van der Waals surface area contributed by atoms with Crippen LogP contribution in [-0.4, -0.2) is 36.3 Å². The summed E-state index contributed by atoms with van der Waals surface area (Å²) in [5, 5.41) is 17.7. The van der Waals surface area contributed by atoms with Crippen molar-refractivity contribution in [3.8, 4) is 0 Å². The molecule has 0 aliphatic rings. The number of nitrogens with one attached hydrogen (secondary N) is 2. The molecule has 1 heterocycles. The van der Waals surface area contributed by atoms with Crippen molar-refractivity contribution in [3.05, 3.63) is 17.5 Å². The van der Waals surface area contributed by atoms with Gasteiger partial charge >= 0.3 is 0 Å². The number of aliphatic hydroxyl groups is 1. The van der Waals surface area contributed by atoms with Gasteiger partial charge in [0, 0.05) is 19.2 Å². The zero-order valence-electron chi connectivity index (χ0n) is 7.91. The normalized spacial score (nSPS) is 10.1. The van der Waals surface area contributed by atoms with E-state index in [1.165, 1.54) is 6.07 Å². The van der Waals surface area contributed by atoms with E-state index < -0.39 is 0 Å². The predicted octanol–water partition coefficient (Wildman–Crippen LogP) is -0.884. The summed E-state index contributed by atoms with van der Waals surface area (Å²) in [7, 11) is 1.80. The van der Waals surface area contributed by atoms with Gasteiger partial charge < -0.3 is 20.3 Å². The van der Waals surface area contributed by atoms with E-state index in [9.17, 15) is 4.79 Å². The molecule has 0 unspecified atom stereocenters. The van der Waals surface area contributed by atoms with Gasteiger partial charge in [-0.1, -0.05) is 5.16 Å². The topological polar surface area (TPSA) is 87.4 Å². The lowest BCUT2D eigenvalue weighted by atomic mass is 10.3. The van der Waals surface area contributed by atoms with Crippen LogP contribution in [-0.2, 0) is 6.61 Å². The van der Waals surface area contributed by atoms with Gasteiger partial charge in [-0.25, -0.2) is 0 Å². The molecule has 78 valence electrons. The Labute approximate surface area is 81.3 Å². The monoisotopic (exact) mass is 199 g/mol. The first kappa shape index (κ1) is 10.7. The molecule has 1 amide bonds. The second-order valence-corrected chi connectivity index (χ2v) is 2.70. The number of likely N-dealkylation sites (N-methyl/N-ethyl adjacent to an activating group) is 1. The van der Waals surface area contributed by atoms with Crippen molar-refractivity contribution in [1.82, 2.24) is 15.8 Å². The minimum Gasteiger partial charge on any atom is -0.388 e. The molecule has 0 bridgehead atoms. The summed E-state index contributed by atoms with van der Waals surface area (Å²) in [6.07, 6.45) is 0. The lowest BCUT2D eigenvalue weighted by Gasteiger charge is -2.00.